The Hall–Kier alpha value is -2.11. The summed E-state index contributed by atoms with van der Waals surface area (Å²) in [5.41, 5.74) is 1.81. The summed E-state index contributed by atoms with van der Waals surface area (Å²) < 4.78 is 2.01. The summed E-state index contributed by atoms with van der Waals surface area (Å²) in [4.78, 5) is 24.4. The molecule has 19 heavy (non-hydrogen) atoms. The topological polar surface area (TPSA) is 54.3 Å². The highest BCUT2D eigenvalue weighted by molar-refractivity contribution is 5.75. The molecule has 3 heterocycles. The molecular weight excluding hydrogens is 242 g/mol. The Morgan fingerprint density at radius 3 is 2.63 bits per heavy atom. The van der Waals surface area contributed by atoms with E-state index in [0.717, 1.165) is 43.3 Å². The number of nitrogens with zero attached hydrogens (tertiary/aromatic N) is 5. The van der Waals surface area contributed by atoms with Crippen LogP contribution in [0.1, 0.15) is 6.92 Å². The van der Waals surface area contributed by atoms with Crippen molar-refractivity contribution in [3.8, 4) is 0 Å². The van der Waals surface area contributed by atoms with Gasteiger partial charge in [0.2, 0.25) is 11.9 Å². The summed E-state index contributed by atoms with van der Waals surface area (Å²) in [5, 5.41) is 0. The number of rotatable bonds is 1. The number of anilines is 1. The molecule has 1 aliphatic heterocycles. The summed E-state index contributed by atoms with van der Waals surface area (Å²) >= 11 is 0. The largest absolute Gasteiger partial charge is 0.339 e. The lowest BCUT2D eigenvalue weighted by Gasteiger charge is -2.34. The zero-order valence-electron chi connectivity index (χ0n) is 11.2. The molecule has 100 valence electrons. The van der Waals surface area contributed by atoms with Gasteiger partial charge >= 0.3 is 0 Å². The Morgan fingerprint density at radius 2 is 2.00 bits per heavy atom. The standard InChI is InChI=1S/C13H17N5O/c1-10(19)17-6-8-18(9-7-17)13-15-11-4-3-5-14-12(11)16(13)2/h3-5H,6-9H2,1-2H3. The van der Waals surface area contributed by atoms with Gasteiger partial charge in [0.25, 0.3) is 0 Å². The maximum absolute atomic E-state index is 11.3. The number of carbonyl (C=O) groups excluding carboxylic acids is 1. The minimum Gasteiger partial charge on any atom is -0.339 e. The lowest BCUT2D eigenvalue weighted by atomic mass is 10.3. The van der Waals surface area contributed by atoms with Crippen molar-refractivity contribution in [3.63, 3.8) is 0 Å². The zero-order valence-corrected chi connectivity index (χ0v) is 11.2. The van der Waals surface area contributed by atoms with Crippen LogP contribution in [0.2, 0.25) is 0 Å². The fourth-order valence-electron chi connectivity index (χ4n) is 2.52. The van der Waals surface area contributed by atoms with E-state index in [4.69, 9.17) is 0 Å². The van der Waals surface area contributed by atoms with Crippen molar-refractivity contribution in [1.82, 2.24) is 19.4 Å². The minimum atomic E-state index is 0.145. The van der Waals surface area contributed by atoms with E-state index in [1.807, 2.05) is 28.6 Å². The Labute approximate surface area is 111 Å². The van der Waals surface area contributed by atoms with Crippen LogP contribution in [0.25, 0.3) is 11.2 Å². The van der Waals surface area contributed by atoms with Gasteiger partial charge in [0.15, 0.2) is 5.65 Å². The third kappa shape index (κ3) is 2.03. The van der Waals surface area contributed by atoms with Crippen molar-refractivity contribution < 1.29 is 4.79 Å². The van der Waals surface area contributed by atoms with Crippen LogP contribution in [0.4, 0.5) is 5.95 Å². The predicted octanol–water partition coefficient (Wildman–Crippen LogP) is 0.637. The van der Waals surface area contributed by atoms with E-state index in [0.29, 0.717) is 0 Å². The van der Waals surface area contributed by atoms with Crippen LogP contribution >= 0.6 is 0 Å². The average molecular weight is 259 g/mol. The van der Waals surface area contributed by atoms with Crippen LogP contribution in [0.5, 0.6) is 0 Å². The van der Waals surface area contributed by atoms with Crippen molar-refractivity contribution in [3.05, 3.63) is 18.3 Å². The van der Waals surface area contributed by atoms with Gasteiger partial charge < -0.3 is 9.80 Å². The predicted molar refractivity (Wildman–Crippen MR) is 73.0 cm³/mol. The molecule has 1 saturated heterocycles. The number of hydrogen-bond acceptors (Lipinski definition) is 4. The highest BCUT2D eigenvalue weighted by Crippen LogP contribution is 2.20. The number of hydrogen-bond donors (Lipinski definition) is 0. The summed E-state index contributed by atoms with van der Waals surface area (Å²) in [6, 6.07) is 3.87. The molecule has 2 aromatic rings. The van der Waals surface area contributed by atoms with E-state index in [1.54, 1.807) is 13.1 Å². The first kappa shape index (κ1) is 12.0. The van der Waals surface area contributed by atoms with Gasteiger partial charge in [0, 0.05) is 46.3 Å². The number of fused-ring (bicyclic) bond motifs is 1. The van der Waals surface area contributed by atoms with E-state index >= 15 is 0 Å². The summed E-state index contributed by atoms with van der Waals surface area (Å²) in [6.07, 6.45) is 1.78. The van der Waals surface area contributed by atoms with Gasteiger partial charge in [-0.2, -0.15) is 0 Å². The quantitative estimate of drug-likeness (QED) is 0.754. The molecule has 1 fully saturated rings. The van der Waals surface area contributed by atoms with Gasteiger partial charge in [0.05, 0.1) is 0 Å². The van der Waals surface area contributed by atoms with Crippen molar-refractivity contribution in [2.75, 3.05) is 31.1 Å². The molecule has 6 heteroatoms. The second-order valence-electron chi connectivity index (χ2n) is 4.81. The first-order valence-corrected chi connectivity index (χ1v) is 6.45. The van der Waals surface area contributed by atoms with Crippen LogP contribution in [0.3, 0.4) is 0 Å². The van der Waals surface area contributed by atoms with Crippen molar-refractivity contribution >= 4 is 23.0 Å². The summed E-state index contributed by atoms with van der Waals surface area (Å²) in [6.45, 7) is 4.76. The molecule has 6 nitrogen and oxygen atoms in total. The number of pyridine rings is 1. The van der Waals surface area contributed by atoms with Gasteiger partial charge in [-0.15, -0.1) is 0 Å². The molecule has 0 spiro atoms. The van der Waals surface area contributed by atoms with Gasteiger partial charge in [-0.1, -0.05) is 0 Å². The van der Waals surface area contributed by atoms with E-state index in [9.17, 15) is 4.79 Å². The Kier molecular flexibility index (Phi) is 2.85. The van der Waals surface area contributed by atoms with Crippen molar-refractivity contribution in [1.29, 1.82) is 0 Å². The maximum Gasteiger partial charge on any atom is 0.219 e. The second kappa shape index (κ2) is 4.53. The van der Waals surface area contributed by atoms with Gasteiger partial charge in [-0.25, -0.2) is 9.97 Å². The molecule has 0 aliphatic carbocycles. The molecule has 1 aliphatic rings. The zero-order chi connectivity index (χ0) is 13.4. The highest BCUT2D eigenvalue weighted by atomic mass is 16.2. The smallest absolute Gasteiger partial charge is 0.219 e. The van der Waals surface area contributed by atoms with E-state index < -0.39 is 0 Å². The van der Waals surface area contributed by atoms with Crippen LogP contribution in [-0.2, 0) is 11.8 Å². The SMILES string of the molecule is CC(=O)N1CCN(c2nc3cccnc3n2C)CC1. The highest BCUT2D eigenvalue weighted by Gasteiger charge is 2.22. The third-order valence-corrected chi connectivity index (χ3v) is 3.61. The fraction of sp³-hybridized carbons (Fsp3) is 0.462. The molecule has 0 aromatic carbocycles. The molecule has 0 atom stereocenters. The number of imidazole rings is 1. The van der Waals surface area contributed by atoms with E-state index in [1.165, 1.54) is 0 Å². The van der Waals surface area contributed by atoms with Crippen LogP contribution < -0.4 is 4.90 Å². The first-order chi connectivity index (χ1) is 9.16. The van der Waals surface area contributed by atoms with E-state index in [-0.39, 0.29) is 5.91 Å². The first-order valence-electron chi connectivity index (χ1n) is 6.45. The number of piperazine rings is 1. The number of amides is 1. The van der Waals surface area contributed by atoms with Crippen LogP contribution in [0.15, 0.2) is 18.3 Å². The van der Waals surface area contributed by atoms with Crippen molar-refractivity contribution in [2.24, 2.45) is 7.05 Å². The molecule has 0 unspecified atom stereocenters. The maximum atomic E-state index is 11.3. The third-order valence-electron chi connectivity index (χ3n) is 3.61. The molecule has 0 bridgehead atoms. The van der Waals surface area contributed by atoms with Crippen LogP contribution in [0, 0.1) is 0 Å². The van der Waals surface area contributed by atoms with Gasteiger partial charge in [-0.3, -0.25) is 9.36 Å². The molecule has 0 radical (unpaired) electrons. The molecule has 1 amide bonds. The molecule has 3 rings (SSSR count). The Bertz CT molecular complexity index is 613. The number of aromatic nitrogens is 3. The fourth-order valence-corrected chi connectivity index (χ4v) is 2.52. The van der Waals surface area contributed by atoms with Crippen LogP contribution in [-0.4, -0.2) is 51.5 Å². The minimum absolute atomic E-state index is 0.145. The van der Waals surface area contributed by atoms with Gasteiger partial charge in [-0.05, 0) is 12.1 Å². The molecule has 0 saturated carbocycles. The lowest BCUT2D eigenvalue weighted by molar-refractivity contribution is -0.129. The molecule has 2 aromatic heterocycles. The number of aryl methyl sites for hydroxylation is 1. The summed E-state index contributed by atoms with van der Waals surface area (Å²) in [5.74, 6) is 1.07. The Balaban J connectivity index is 1.86. The van der Waals surface area contributed by atoms with E-state index in [2.05, 4.69) is 14.9 Å². The normalized spacial score (nSPS) is 16.1. The second-order valence-corrected chi connectivity index (χ2v) is 4.81. The summed E-state index contributed by atoms with van der Waals surface area (Å²) in [7, 11) is 1.98. The van der Waals surface area contributed by atoms with Gasteiger partial charge in [0.1, 0.15) is 5.52 Å². The monoisotopic (exact) mass is 259 g/mol. The molecule has 0 N–H and O–H groups in total. The lowest BCUT2D eigenvalue weighted by Crippen LogP contribution is -2.48. The molecular formula is C13H17N5O. The average Bonchev–Trinajstić information content (AvgIpc) is 2.77. The van der Waals surface area contributed by atoms with Crippen molar-refractivity contribution in [2.45, 2.75) is 6.92 Å². The Morgan fingerprint density at radius 1 is 1.26 bits per heavy atom. The number of carbonyl (C=O) groups is 1.